The number of rotatable bonds is 2. The molecule has 4 aromatic rings. The van der Waals surface area contributed by atoms with E-state index in [0.717, 1.165) is 38.7 Å². The van der Waals surface area contributed by atoms with Gasteiger partial charge in [0, 0.05) is 5.39 Å². The average Bonchev–Trinajstić information content (AvgIpc) is 3.37. The first-order valence-electron chi connectivity index (χ1n) is 8.62. The van der Waals surface area contributed by atoms with Crippen molar-refractivity contribution in [3.63, 3.8) is 0 Å². The number of phenolic OH excluding ortho intramolecular Hbond substituents is 1. The number of phenols is 1. The number of aromatic hydroxyl groups is 1. The van der Waals surface area contributed by atoms with Gasteiger partial charge in [0.1, 0.15) is 17.6 Å². The number of hydrogen-bond acceptors (Lipinski definition) is 4. The smallest absolute Gasteiger partial charge is 0.133 e. The van der Waals surface area contributed by atoms with Gasteiger partial charge in [-0.15, -0.1) is 0 Å². The van der Waals surface area contributed by atoms with Crippen molar-refractivity contribution in [2.24, 2.45) is 0 Å². The number of H-pyrrole nitrogens is 1. The molecule has 0 spiro atoms. The molecule has 2 N–H and O–H groups in total. The van der Waals surface area contributed by atoms with Gasteiger partial charge in [0.2, 0.25) is 0 Å². The average molecular weight is 353 g/mol. The Bertz CT molecular complexity index is 1270. The van der Waals surface area contributed by atoms with Crippen molar-refractivity contribution in [2.45, 2.75) is 12.8 Å². The number of nitrogens with one attached hydrogen (secondary N) is 1. The summed E-state index contributed by atoms with van der Waals surface area (Å²) in [5.74, 6) is 0.556. The Kier molecular flexibility index (Phi) is 3.22. The minimum Gasteiger partial charge on any atom is -0.508 e. The van der Waals surface area contributed by atoms with E-state index in [1.165, 1.54) is 0 Å². The van der Waals surface area contributed by atoms with Gasteiger partial charge in [0.15, 0.2) is 0 Å². The zero-order valence-corrected chi connectivity index (χ0v) is 14.5. The van der Waals surface area contributed by atoms with Crippen LogP contribution in [0.3, 0.4) is 0 Å². The molecule has 27 heavy (non-hydrogen) atoms. The first-order valence-corrected chi connectivity index (χ1v) is 8.62. The Morgan fingerprint density at radius 1 is 1.22 bits per heavy atom. The fraction of sp³-hybridized carbons (Fsp3) is 0.0909. The van der Waals surface area contributed by atoms with Gasteiger partial charge in [-0.3, -0.25) is 5.10 Å². The molecule has 0 bridgehead atoms. The minimum atomic E-state index is -0.250. The number of benzene rings is 2. The fourth-order valence-electron chi connectivity index (χ4n) is 3.94. The van der Waals surface area contributed by atoms with Crippen LogP contribution in [0.5, 0.6) is 5.75 Å². The lowest BCUT2D eigenvalue weighted by molar-refractivity contribution is 0.473. The van der Waals surface area contributed by atoms with Crippen molar-refractivity contribution in [2.75, 3.05) is 0 Å². The predicted molar refractivity (Wildman–Crippen MR) is 102 cm³/mol. The van der Waals surface area contributed by atoms with Gasteiger partial charge in [-0.25, -0.2) is 0 Å². The van der Waals surface area contributed by atoms with Crippen molar-refractivity contribution >= 4 is 22.6 Å². The van der Waals surface area contributed by atoms with E-state index >= 15 is 0 Å². The van der Waals surface area contributed by atoms with Gasteiger partial charge < -0.3 is 9.52 Å². The van der Waals surface area contributed by atoms with E-state index in [1.54, 1.807) is 30.7 Å². The zero-order valence-electron chi connectivity index (χ0n) is 14.5. The number of allylic oxidation sites excluding steroid dienone is 1. The van der Waals surface area contributed by atoms with E-state index in [-0.39, 0.29) is 11.7 Å². The number of fused-ring (bicyclic) bond motifs is 2. The van der Waals surface area contributed by atoms with Gasteiger partial charge in [0.25, 0.3) is 0 Å². The van der Waals surface area contributed by atoms with Crippen LogP contribution >= 0.6 is 0 Å². The number of aromatic amines is 1. The molecule has 0 fully saturated rings. The highest BCUT2D eigenvalue weighted by atomic mass is 16.3. The number of furan rings is 1. The van der Waals surface area contributed by atoms with E-state index < -0.39 is 0 Å². The maximum atomic E-state index is 10.2. The van der Waals surface area contributed by atoms with E-state index in [4.69, 9.17) is 4.42 Å². The van der Waals surface area contributed by atoms with Crippen LogP contribution in [0.15, 0.2) is 53.3 Å². The summed E-state index contributed by atoms with van der Waals surface area (Å²) in [6, 6.07) is 13.5. The molecule has 5 heteroatoms. The van der Waals surface area contributed by atoms with Crippen LogP contribution in [0.25, 0.3) is 22.6 Å². The number of aryl methyl sites for hydroxylation is 1. The van der Waals surface area contributed by atoms with Crippen molar-refractivity contribution in [3.05, 3.63) is 82.4 Å². The third-order valence-electron chi connectivity index (χ3n) is 5.18. The first-order chi connectivity index (χ1) is 13.2. The summed E-state index contributed by atoms with van der Waals surface area (Å²) in [7, 11) is 0. The molecule has 5 rings (SSSR count). The normalized spacial score (nSPS) is 15.6. The van der Waals surface area contributed by atoms with Gasteiger partial charge in [-0.05, 0) is 71.2 Å². The molecular formula is C22H15N3O2. The quantitative estimate of drug-likeness (QED) is 0.545. The van der Waals surface area contributed by atoms with E-state index in [0.29, 0.717) is 11.3 Å². The van der Waals surface area contributed by atoms with Gasteiger partial charge in [-0.1, -0.05) is 6.07 Å². The molecule has 0 saturated heterocycles. The van der Waals surface area contributed by atoms with E-state index in [9.17, 15) is 10.4 Å². The Morgan fingerprint density at radius 3 is 2.96 bits per heavy atom. The third-order valence-corrected chi connectivity index (χ3v) is 5.18. The molecule has 5 nitrogen and oxygen atoms in total. The summed E-state index contributed by atoms with van der Waals surface area (Å²) in [5.41, 5.74) is 6.53. The van der Waals surface area contributed by atoms with Crippen LogP contribution in [0.2, 0.25) is 0 Å². The molecule has 2 aromatic heterocycles. The highest BCUT2D eigenvalue weighted by molar-refractivity contribution is 5.96. The lowest BCUT2D eigenvalue weighted by Crippen LogP contribution is -2.02. The molecule has 2 aromatic carbocycles. The van der Waals surface area contributed by atoms with Crippen molar-refractivity contribution < 1.29 is 9.52 Å². The minimum absolute atomic E-state index is 0.209. The van der Waals surface area contributed by atoms with Gasteiger partial charge in [-0.2, -0.15) is 10.4 Å². The molecule has 130 valence electrons. The van der Waals surface area contributed by atoms with Crippen LogP contribution in [0.1, 0.15) is 39.5 Å². The van der Waals surface area contributed by atoms with Crippen LogP contribution < -0.4 is 0 Å². The van der Waals surface area contributed by atoms with Gasteiger partial charge in [0.05, 0.1) is 29.5 Å². The second-order valence-electron chi connectivity index (χ2n) is 6.78. The molecule has 1 atom stereocenters. The maximum absolute atomic E-state index is 10.2. The van der Waals surface area contributed by atoms with Crippen molar-refractivity contribution in [1.82, 2.24) is 10.2 Å². The summed E-state index contributed by atoms with van der Waals surface area (Å²) < 4.78 is 5.74. The zero-order chi connectivity index (χ0) is 18.5. The highest BCUT2D eigenvalue weighted by Gasteiger charge is 2.33. The summed E-state index contributed by atoms with van der Waals surface area (Å²) in [4.78, 5) is 0. The first kappa shape index (κ1) is 15.5. The summed E-state index contributed by atoms with van der Waals surface area (Å²) >= 11 is 0. The monoisotopic (exact) mass is 353 g/mol. The summed E-state index contributed by atoms with van der Waals surface area (Å²) in [6.45, 7) is 1.97. The SMILES string of the molecule is Cc1cc(O)cc2c1C=C(c1ccc3[nH]ncc3c1)C2c1occc1C#N. The molecule has 0 radical (unpaired) electrons. The topological polar surface area (TPSA) is 85.8 Å². The second kappa shape index (κ2) is 5.61. The fourth-order valence-corrected chi connectivity index (χ4v) is 3.94. The van der Waals surface area contributed by atoms with Crippen LogP contribution in [-0.4, -0.2) is 15.3 Å². The summed E-state index contributed by atoms with van der Waals surface area (Å²) in [5, 5.41) is 27.7. The Morgan fingerprint density at radius 2 is 2.11 bits per heavy atom. The number of nitriles is 1. The maximum Gasteiger partial charge on any atom is 0.133 e. The Balaban J connectivity index is 1.77. The van der Waals surface area contributed by atoms with Crippen molar-refractivity contribution in [1.29, 1.82) is 5.26 Å². The Labute approximate surface area is 155 Å². The number of nitrogens with zero attached hydrogens (tertiary/aromatic N) is 2. The van der Waals surface area contributed by atoms with Crippen LogP contribution in [0.4, 0.5) is 0 Å². The lowest BCUT2D eigenvalue weighted by atomic mass is 9.87. The van der Waals surface area contributed by atoms with Crippen LogP contribution in [0, 0.1) is 18.3 Å². The molecule has 1 aliphatic carbocycles. The molecule has 1 unspecified atom stereocenters. The van der Waals surface area contributed by atoms with E-state index in [2.05, 4.69) is 28.4 Å². The van der Waals surface area contributed by atoms with E-state index in [1.807, 2.05) is 19.1 Å². The number of hydrogen-bond donors (Lipinski definition) is 2. The second-order valence-corrected chi connectivity index (χ2v) is 6.78. The van der Waals surface area contributed by atoms with Crippen LogP contribution in [-0.2, 0) is 0 Å². The Hall–Kier alpha value is -3.78. The third kappa shape index (κ3) is 2.27. The molecular weight excluding hydrogens is 338 g/mol. The lowest BCUT2D eigenvalue weighted by Gasteiger charge is -2.16. The molecule has 0 amide bonds. The summed E-state index contributed by atoms with van der Waals surface area (Å²) in [6.07, 6.45) is 5.46. The predicted octanol–water partition coefficient (Wildman–Crippen LogP) is 4.73. The number of aromatic nitrogens is 2. The molecule has 1 aliphatic rings. The molecule has 0 saturated carbocycles. The van der Waals surface area contributed by atoms with Gasteiger partial charge >= 0.3 is 0 Å². The van der Waals surface area contributed by atoms with Crippen molar-refractivity contribution in [3.8, 4) is 11.8 Å². The largest absolute Gasteiger partial charge is 0.508 e. The standard InChI is InChI=1S/C22H15N3O2/c1-12-6-16(26)8-19-17(12)9-18(21(19)22-14(10-23)4-5-27-22)13-2-3-20-15(7-13)11-24-25-20/h2-9,11,21,26H,1H3,(H,24,25). The molecule has 0 aliphatic heterocycles. The molecule has 2 heterocycles. The highest BCUT2D eigenvalue weighted by Crippen LogP contribution is 2.49.